The van der Waals surface area contributed by atoms with E-state index in [1.807, 2.05) is 158 Å². The Balaban J connectivity index is 1.11. The van der Waals surface area contributed by atoms with Crippen LogP contribution >= 0.6 is 0 Å². The Bertz CT molecular complexity index is 4070. The first kappa shape index (κ1) is 28.3. The van der Waals surface area contributed by atoms with Crippen molar-refractivity contribution in [3.63, 3.8) is 0 Å². The molecule has 0 spiro atoms. The lowest BCUT2D eigenvalue weighted by Crippen LogP contribution is -2.11. The average Bonchev–Trinajstić information content (AvgIpc) is 3.79. The van der Waals surface area contributed by atoms with Gasteiger partial charge >= 0.3 is 0 Å². The van der Waals surface area contributed by atoms with Crippen molar-refractivity contribution < 1.29 is 15.4 Å². The summed E-state index contributed by atoms with van der Waals surface area (Å²) in [5, 5.41) is 7.45. The van der Waals surface area contributed by atoms with E-state index in [1.165, 1.54) is 4.90 Å². The monoisotopic (exact) mass is 797 g/mol. The van der Waals surface area contributed by atoms with Crippen LogP contribution in [0.1, 0.15) is 11.0 Å². The number of hydrogen-bond donors (Lipinski definition) is 0. The van der Waals surface area contributed by atoms with E-state index >= 15 is 0 Å². The van der Waals surface area contributed by atoms with Gasteiger partial charge in [0.1, 0.15) is 11.2 Å². The standard InChI is InChI=1S/C60H39NO/c1-3-18-50-41(12-1)14-10-22-52(50)43-30-35-49(36-31-43)61(48-33-28-40(29-34-48)45-16-9-17-46(38-45)53-23-11-15-42-13-2-4-19-51(42)53)58-24-7-5-20-54(58)47-27-26-44-32-37-56-55-21-6-8-25-59(55)62-60(56)57(44)39-47/h1-39H/i28D,29D,30D,31D,33D,34D,35D,36D. The Morgan fingerprint density at radius 3 is 1.58 bits per heavy atom. The third kappa shape index (κ3) is 6.12. The molecule has 0 aliphatic rings. The van der Waals surface area contributed by atoms with Gasteiger partial charge in [0.15, 0.2) is 0 Å². The van der Waals surface area contributed by atoms with Crippen LogP contribution in [0.2, 0.25) is 0 Å². The second kappa shape index (κ2) is 14.8. The van der Waals surface area contributed by atoms with Crippen LogP contribution < -0.4 is 4.90 Å². The van der Waals surface area contributed by atoms with E-state index in [1.54, 1.807) is 24.3 Å². The first-order valence-corrected chi connectivity index (χ1v) is 20.6. The molecule has 0 unspecified atom stereocenters. The number of nitrogens with zero attached hydrogens (tertiary/aromatic N) is 1. The minimum atomic E-state index is -0.418. The molecule has 0 fully saturated rings. The molecule has 1 aromatic heterocycles. The fourth-order valence-electron chi connectivity index (χ4n) is 8.81. The molecule has 0 amide bonds. The van der Waals surface area contributed by atoms with Crippen LogP contribution in [0.15, 0.2) is 241 Å². The van der Waals surface area contributed by atoms with Gasteiger partial charge < -0.3 is 9.32 Å². The predicted octanol–water partition coefficient (Wildman–Crippen LogP) is 17.2. The number of hydrogen-bond acceptors (Lipinski definition) is 2. The third-order valence-corrected chi connectivity index (χ3v) is 11.8. The molecule has 0 aliphatic heterocycles. The molecule has 0 saturated carbocycles. The summed E-state index contributed by atoms with van der Waals surface area (Å²) in [6.45, 7) is 0. The van der Waals surface area contributed by atoms with Crippen LogP contribution in [0.25, 0.3) is 98.8 Å². The van der Waals surface area contributed by atoms with Gasteiger partial charge in [-0.15, -0.1) is 0 Å². The highest BCUT2D eigenvalue weighted by atomic mass is 16.3. The van der Waals surface area contributed by atoms with Crippen LogP contribution in [-0.2, 0) is 0 Å². The molecule has 0 N–H and O–H groups in total. The second-order valence-corrected chi connectivity index (χ2v) is 15.4. The number of para-hydroxylation sites is 2. The number of fused-ring (bicyclic) bond motifs is 7. The topological polar surface area (TPSA) is 16.4 Å². The van der Waals surface area contributed by atoms with Gasteiger partial charge in [-0.2, -0.15) is 0 Å². The summed E-state index contributed by atoms with van der Waals surface area (Å²) in [6.07, 6.45) is 0. The number of furan rings is 1. The van der Waals surface area contributed by atoms with Crippen molar-refractivity contribution in [1.29, 1.82) is 0 Å². The molecule has 2 heteroatoms. The fraction of sp³-hybridized carbons (Fsp3) is 0. The number of benzene rings is 11. The van der Waals surface area contributed by atoms with Crippen molar-refractivity contribution in [2.75, 3.05) is 4.90 Å². The molecular formula is C60H39NO. The third-order valence-electron chi connectivity index (χ3n) is 11.8. The van der Waals surface area contributed by atoms with Crippen molar-refractivity contribution in [2.24, 2.45) is 0 Å². The molecule has 0 bridgehead atoms. The van der Waals surface area contributed by atoms with E-state index in [9.17, 15) is 11.0 Å². The highest BCUT2D eigenvalue weighted by Gasteiger charge is 2.19. The first-order valence-electron chi connectivity index (χ1n) is 24.6. The largest absolute Gasteiger partial charge is 0.455 e. The van der Waals surface area contributed by atoms with E-state index in [2.05, 4.69) is 6.07 Å². The average molecular weight is 798 g/mol. The second-order valence-electron chi connectivity index (χ2n) is 15.4. The minimum Gasteiger partial charge on any atom is -0.455 e. The Kier molecular flexibility index (Phi) is 6.76. The summed E-state index contributed by atoms with van der Waals surface area (Å²) in [6, 6.07) is 56.9. The summed E-state index contributed by atoms with van der Waals surface area (Å²) in [4.78, 5) is 1.39. The zero-order chi connectivity index (χ0) is 47.9. The van der Waals surface area contributed by atoms with E-state index < -0.39 is 24.2 Å². The zero-order valence-electron chi connectivity index (χ0n) is 41.3. The van der Waals surface area contributed by atoms with Crippen molar-refractivity contribution in [2.45, 2.75) is 0 Å². The van der Waals surface area contributed by atoms with Gasteiger partial charge in [-0.3, -0.25) is 0 Å². The molecule has 0 aliphatic carbocycles. The van der Waals surface area contributed by atoms with Crippen LogP contribution in [0.3, 0.4) is 0 Å². The van der Waals surface area contributed by atoms with Crippen molar-refractivity contribution in [1.82, 2.24) is 0 Å². The highest BCUT2D eigenvalue weighted by Crippen LogP contribution is 2.44. The SMILES string of the molecule is [2H]c1c([2H])c(N(c2ccccc2-c2ccc3ccc4c5ccccc5oc4c3c2)c2c([2H])c([2H])c(-c3cccc4ccccc34)c([2H])c2[2H])c([2H])c([2H])c1-c1cccc(-c2cccc3ccccc23)c1. The van der Waals surface area contributed by atoms with E-state index in [0.29, 0.717) is 33.5 Å². The molecule has 0 atom stereocenters. The molecule has 0 radical (unpaired) electrons. The molecule has 12 rings (SSSR count). The van der Waals surface area contributed by atoms with Crippen LogP contribution in [-0.4, -0.2) is 0 Å². The fourth-order valence-corrected chi connectivity index (χ4v) is 8.81. The summed E-state index contributed by atoms with van der Waals surface area (Å²) in [5.74, 6) is 0. The molecule has 1 heterocycles. The lowest BCUT2D eigenvalue weighted by atomic mass is 9.95. The van der Waals surface area contributed by atoms with Crippen molar-refractivity contribution in [3.8, 4) is 44.5 Å². The maximum absolute atomic E-state index is 9.86. The van der Waals surface area contributed by atoms with Crippen molar-refractivity contribution in [3.05, 3.63) is 236 Å². The predicted molar refractivity (Wildman–Crippen MR) is 263 cm³/mol. The summed E-state index contributed by atoms with van der Waals surface area (Å²) in [7, 11) is 0. The van der Waals surface area contributed by atoms with E-state index in [0.717, 1.165) is 59.8 Å². The quantitative estimate of drug-likeness (QED) is 0.160. The maximum Gasteiger partial charge on any atom is 0.143 e. The molecule has 11 aromatic carbocycles. The first-order chi connectivity index (χ1) is 34.1. The highest BCUT2D eigenvalue weighted by molar-refractivity contribution is 6.15. The van der Waals surface area contributed by atoms with Gasteiger partial charge in [0.2, 0.25) is 0 Å². The number of rotatable bonds is 7. The minimum absolute atomic E-state index is 0.0873. The Hall–Kier alpha value is -8.20. The van der Waals surface area contributed by atoms with Crippen molar-refractivity contribution >= 4 is 71.3 Å². The zero-order valence-corrected chi connectivity index (χ0v) is 33.3. The summed E-state index contributed by atoms with van der Waals surface area (Å²) in [5.41, 5.74) is 5.63. The molecule has 62 heavy (non-hydrogen) atoms. The Labute approximate surface area is 371 Å². The molecule has 2 nitrogen and oxygen atoms in total. The number of anilines is 3. The summed E-state index contributed by atoms with van der Waals surface area (Å²) < 4.78 is 84.4. The molecule has 290 valence electrons. The normalized spacial score (nSPS) is 13.4. The molecular weight excluding hydrogens is 751 g/mol. The van der Waals surface area contributed by atoms with Gasteiger partial charge in [0.05, 0.1) is 16.7 Å². The van der Waals surface area contributed by atoms with E-state index in [-0.39, 0.29) is 46.7 Å². The smallest absolute Gasteiger partial charge is 0.143 e. The van der Waals surface area contributed by atoms with Gasteiger partial charge in [-0.25, -0.2) is 0 Å². The van der Waals surface area contributed by atoms with Crippen LogP contribution in [0.5, 0.6) is 0 Å². The Morgan fingerprint density at radius 1 is 0.323 bits per heavy atom. The lowest BCUT2D eigenvalue weighted by Gasteiger charge is -2.28. The van der Waals surface area contributed by atoms with Crippen LogP contribution in [0.4, 0.5) is 17.1 Å². The van der Waals surface area contributed by atoms with Gasteiger partial charge in [-0.05, 0) is 120 Å². The summed E-state index contributed by atoms with van der Waals surface area (Å²) >= 11 is 0. The lowest BCUT2D eigenvalue weighted by molar-refractivity contribution is 0.672. The molecule has 12 aromatic rings. The van der Waals surface area contributed by atoms with Crippen LogP contribution in [0, 0.1) is 0 Å². The maximum atomic E-state index is 9.86. The Morgan fingerprint density at radius 2 is 0.839 bits per heavy atom. The van der Waals surface area contributed by atoms with Gasteiger partial charge in [0.25, 0.3) is 0 Å². The van der Waals surface area contributed by atoms with E-state index in [4.69, 9.17) is 4.42 Å². The molecule has 0 saturated heterocycles. The van der Waals surface area contributed by atoms with Gasteiger partial charge in [0, 0.05) is 33.1 Å². The van der Waals surface area contributed by atoms with Gasteiger partial charge in [-0.1, -0.05) is 182 Å².